The molecular weight excluding hydrogens is 394 g/mol. The van der Waals surface area contributed by atoms with Crippen molar-refractivity contribution in [3.63, 3.8) is 0 Å². The van der Waals surface area contributed by atoms with Gasteiger partial charge in [-0.15, -0.1) is 0 Å². The summed E-state index contributed by atoms with van der Waals surface area (Å²) in [4.78, 5) is 17.1. The number of carbonyl (C=O) groups is 1. The molecule has 1 N–H and O–H groups in total. The van der Waals surface area contributed by atoms with E-state index in [-0.39, 0.29) is 12.0 Å². The zero-order valence-electron chi connectivity index (χ0n) is 17.9. The van der Waals surface area contributed by atoms with Crippen molar-refractivity contribution in [1.29, 1.82) is 0 Å². The fourth-order valence-electron chi connectivity index (χ4n) is 3.83. The summed E-state index contributed by atoms with van der Waals surface area (Å²) in [5.41, 5.74) is 2.02. The second kappa shape index (κ2) is 10.3. The molecule has 1 aromatic heterocycles. The number of imidazole rings is 1. The Balaban J connectivity index is 1.33. The molecule has 0 radical (unpaired) electrons. The number of methoxy groups -OCH3 is 1. The van der Waals surface area contributed by atoms with Crippen LogP contribution in [-0.2, 0) is 22.6 Å². The summed E-state index contributed by atoms with van der Waals surface area (Å²) in [6.07, 6.45) is 3.25. The zero-order valence-corrected chi connectivity index (χ0v) is 17.9. The van der Waals surface area contributed by atoms with Crippen LogP contribution in [0.4, 0.5) is 0 Å². The number of amides is 1. The van der Waals surface area contributed by atoms with E-state index in [0.717, 1.165) is 60.6 Å². The van der Waals surface area contributed by atoms with Crippen molar-refractivity contribution in [1.82, 2.24) is 14.9 Å². The van der Waals surface area contributed by atoms with E-state index >= 15 is 0 Å². The standard InChI is InChI=1S/C24H29N3O4/c1-29-18-8-6-9-19(16-18)30-14-5-4-13-27-21-11-3-2-10-20(21)26-23(27)17-25-24(28)22-12-7-15-31-22/h2-3,6,8-11,16,22H,4-5,7,12-15,17H2,1H3,(H,25,28). The molecule has 31 heavy (non-hydrogen) atoms. The summed E-state index contributed by atoms with van der Waals surface area (Å²) < 4.78 is 18.7. The van der Waals surface area contributed by atoms with Gasteiger partial charge in [0.05, 0.1) is 31.3 Å². The summed E-state index contributed by atoms with van der Waals surface area (Å²) in [5.74, 6) is 2.41. The van der Waals surface area contributed by atoms with E-state index in [2.05, 4.69) is 16.0 Å². The first kappa shape index (κ1) is 21.2. The molecule has 1 atom stereocenters. The predicted octanol–water partition coefficient (Wildman–Crippen LogP) is 3.70. The van der Waals surface area contributed by atoms with E-state index in [1.807, 2.05) is 42.5 Å². The third kappa shape index (κ3) is 5.35. The highest BCUT2D eigenvalue weighted by atomic mass is 16.5. The Morgan fingerprint density at radius 1 is 1.19 bits per heavy atom. The smallest absolute Gasteiger partial charge is 0.249 e. The highest BCUT2D eigenvalue weighted by molar-refractivity contribution is 5.81. The predicted molar refractivity (Wildman–Crippen MR) is 118 cm³/mol. The topological polar surface area (TPSA) is 74.6 Å². The monoisotopic (exact) mass is 423 g/mol. The lowest BCUT2D eigenvalue weighted by atomic mass is 10.2. The maximum Gasteiger partial charge on any atom is 0.249 e. The first-order valence-corrected chi connectivity index (χ1v) is 10.8. The number of carbonyl (C=O) groups excluding carboxylic acids is 1. The number of aromatic nitrogens is 2. The summed E-state index contributed by atoms with van der Waals surface area (Å²) in [6.45, 7) is 2.50. The maximum atomic E-state index is 12.3. The van der Waals surface area contributed by atoms with Crippen LogP contribution in [-0.4, -0.2) is 41.9 Å². The number of para-hydroxylation sites is 2. The second-order valence-corrected chi connectivity index (χ2v) is 7.62. The van der Waals surface area contributed by atoms with Crippen LogP contribution >= 0.6 is 0 Å². The minimum Gasteiger partial charge on any atom is -0.497 e. The number of unbranched alkanes of at least 4 members (excludes halogenated alkanes) is 1. The summed E-state index contributed by atoms with van der Waals surface area (Å²) in [5, 5.41) is 2.99. The Kier molecular flexibility index (Phi) is 7.04. The number of benzene rings is 2. The molecule has 2 aromatic carbocycles. The third-order valence-electron chi connectivity index (χ3n) is 5.46. The van der Waals surface area contributed by atoms with Crippen LogP contribution in [0.2, 0.25) is 0 Å². The van der Waals surface area contributed by atoms with Gasteiger partial charge in [0.25, 0.3) is 0 Å². The summed E-state index contributed by atoms with van der Waals surface area (Å²) in [6, 6.07) is 15.7. The van der Waals surface area contributed by atoms with E-state index in [0.29, 0.717) is 19.8 Å². The van der Waals surface area contributed by atoms with Crippen LogP contribution in [0.5, 0.6) is 11.5 Å². The van der Waals surface area contributed by atoms with Gasteiger partial charge >= 0.3 is 0 Å². The normalized spacial score (nSPS) is 15.8. The average molecular weight is 424 g/mol. The van der Waals surface area contributed by atoms with Crippen molar-refractivity contribution < 1.29 is 19.0 Å². The van der Waals surface area contributed by atoms with Crippen LogP contribution in [0.1, 0.15) is 31.5 Å². The fraction of sp³-hybridized carbons (Fsp3) is 0.417. The van der Waals surface area contributed by atoms with E-state index in [1.54, 1.807) is 7.11 Å². The van der Waals surface area contributed by atoms with Crippen LogP contribution in [0.3, 0.4) is 0 Å². The van der Waals surface area contributed by atoms with Gasteiger partial charge in [0.15, 0.2) is 0 Å². The van der Waals surface area contributed by atoms with Crippen molar-refractivity contribution in [2.24, 2.45) is 0 Å². The molecule has 1 unspecified atom stereocenters. The van der Waals surface area contributed by atoms with Crippen LogP contribution < -0.4 is 14.8 Å². The molecule has 1 fully saturated rings. The number of nitrogens with zero attached hydrogens (tertiary/aromatic N) is 2. The number of aryl methyl sites for hydroxylation is 1. The first-order chi connectivity index (χ1) is 15.2. The highest BCUT2D eigenvalue weighted by Crippen LogP contribution is 2.20. The van der Waals surface area contributed by atoms with Gasteiger partial charge in [0.1, 0.15) is 23.4 Å². The molecule has 0 saturated carbocycles. The number of hydrogen-bond acceptors (Lipinski definition) is 5. The van der Waals surface area contributed by atoms with Crippen molar-refractivity contribution in [3.05, 3.63) is 54.4 Å². The summed E-state index contributed by atoms with van der Waals surface area (Å²) >= 11 is 0. The largest absolute Gasteiger partial charge is 0.497 e. The number of nitrogens with one attached hydrogen (secondary N) is 1. The van der Waals surface area contributed by atoms with Gasteiger partial charge in [0, 0.05) is 19.2 Å². The van der Waals surface area contributed by atoms with E-state index < -0.39 is 0 Å². The maximum absolute atomic E-state index is 12.3. The minimum absolute atomic E-state index is 0.0530. The molecule has 1 aliphatic heterocycles. The lowest BCUT2D eigenvalue weighted by molar-refractivity contribution is -0.130. The second-order valence-electron chi connectivity index (χ2n) is 7.62. The van der Waals surface area contributed by atoms with Crippen molar-refractivity contribution >= 4 is 16.9 Å². The Morgan fingerprint density at radius 2 is 2.06 bits per heavy atom. The average Bonchev–Trinajstić information content (AvgIpc) is 3.46. The molecule has 164 valence electrons. The molecule has 2 heterocycles. The van der Waals surface area contributed by atoms with Gasteiger partial charge in [-0.2, -0.15) is 0 Å². The van der Waals surface area contributed by atoms with E-state index in [1.165, 1.54) is 0 Å². The Bertz CT molecular complexity index is 1010. The lowest BCUT2D eigenvalue weighted by Gasteiger charge is -2.13. The van der Waals surface area contributed by atoms with Gasteiger partial charge in [0.2, 0.25) is 5.91 Å². The minimum atomic E-state index is -0.327. The van der Waals surface area contributed by atoms with Crippen LogP contribution in [0, 0.1) is 0 Å². The molecule has 4 rings (SSSR count). The van der Waals surface area contributed by atoms with Gasteiger partial charge in [-0.25, -0.2) is 4.98 Å². The first-order valence-electron chi connectivity index (χ1n) is 10.8. The Labute approximate surface area is 182 Å². The SMILES string of the molecule is COc1cccc(OCCCCn2c(CNC(=O)C3CCCO3)nc3ccccc32)c1. The van der Waals surface area contributed by atoms with Crippen molar-refractivity contribution in [2.75, 3.05) is 20.3 Å². The molecule has 0 bridgehead atoms. The quantitative estimate of drug-likeness (QED) is 0.504. The Morgan fingerprint density at radius 3 is 2.90 bits per heavy atom. The van der Waals surface area contributed by atoms with Crippen molar-refractivity contribution in [3.8, 4) is 11.5 Å². The molecule has 0 aliphatic carbocycles. The van der Waals surface area contributed by atoms with Crippen molar-refractivity contribution in [2.45, 2.75) is 44.9 Å². The molecule has 3 aromatic rings. The number of hydrogen-bond donors (Lipinski definition) is 1. The third-order valence-corrected chi connectivity index (χ3v) is 5.46. The molecule has 7 nitrogen and oxygen atoms in total. The van der Waals surface area contributed by atoms with E-state index in [4.69, 9.17) is 19.2 Å². The number of ether oxygens (including phenoxy) is 3. The lowest BCUT2D eigenvalue weighted by Crippen LogP contribution is -2.34. The van der Waals surface area contributed by atoms with Gasteiger partial charge in [-0.1, -0.05) is 18.2 Å². The van der Waals surface area contributed by atoms with E-state index in [9.17, 15) is 4.79 Å². The number of rotatable bonds is 10. The van der Waals surface area contributed by atoms with Gasteiger partial charge in [-0.3, -0.25) is 4.79 Å². The molecule has 1 saturated heterocycles. The molecular formula is C24H29N3O4. The van der Waals surface area contributed by atoms with Gasteiger partial charge < -0.3 is 24.1 Å². The molecule has 7 heteroatoms. The van der Waals surface area contributed by atoms with Crippen LogP contribution in [0.25, 0.3) is 11.0 Å². The number of fused-ring (bicyclic) bond motifs is 1. The summed E-state index contributed by atoms with van der Waals surface area (Å²) in [7, 11) is 1.65. The van der Waals surface area contributed by atoms with Gasteiger partial charge in [-0.05, 0) is 49.9 Å². The fourth-order valence-corrected chi connectivity index (χ4v) is 3.83. The Hall–Kier alpha value is -3.06. The van der Waals surface area contributed by atoms with Crippen LogP contribution in [0.15, 0.2) is 48.5 Å². The highest BCUT2D eigenvalue weighted by Gasteiger charge is 2.23. The molecule has 1 amide bonds. The zero-order chi connectivity index (χ0) is 21.5. The molecule has 1 aliphatic rings. The molecule has 0 spiro atoms.